The van der Waals surface area contributed by atoms with Crippen LogP contribution in [0, 0.1) is 0 Å². The first kappa shape index (κ1) is 19.0. The molecule has 2 aromatic carbocycles. The molecule has 0 bridgehead atoms. The maximum Gasteiger partial charge on any atom is 0.408 e. The Labute approximate surface area is 150 Å². The Morgan fingerprint density at radius 2 is 1.77 bits per heavy atom. The number of rotatable bonds is 7. The van der Waals surface area contributed by atoms with Crippen LogP contribution in [0.4, 0.5) is 4.79 Å². The van der Waals surface area contributed by atoms with Crippen LogP contribution in [0.1, 0.15) is 28.4 Å². The number of ether oxygens (including phenoxy) is 1. The molecular weight excluding hydrogens is 338 g/mol. The van der Waals surface area contributed by atoms with Crippen molar-refractivity contribution in [1.29, 1.82) is 0 Å². The van der Waals surface area contributed by atoms with Gasteiger partial charge in [-0.1, -0.05) is 36.4 Å². The van der Waals surface area contributed by atoms with E-state index < -0.39 is 18.1 Å². The molecule has 0 aliphatic carbocycles. The third kappa shape index (κ3) is 5.34. The van der Waals surface area contributed by atoms with E-state index in [1.54, 1.807) is 24.3 Å². The SMILES string of the molecule is CC(=O)c1cc(C[C@H](NC(=O)OCc2ccccc2)C(=O)O)ccc1O. The van der Waals surface area contributed by atoms with Gasteiger partial charge in [0.1, 0.15) is 18.4 Å². The molecule has 0 fully saturated rings. The Morgan fingerprint density at radius 3 is 2.38 bits per heavy atom. The molecule has 0 heterocycles. The number of carbonyl (C=O) groups excluding carboxylic acids is 2. The van der Waals surface area contributed by atoms with Gasteiger partial charge in [-0.2, -0.15) is 0 Å². The Balaban J connectivity index is 2.00. The molecule has 3 N–H and O–H groups in total. The third-order valence-corrected chi connectivity index (χ3v) is 3.68. The topological polar surface area (TPSA) is 113 Å². The number of Topliss-reactive ketones (excluding diaryl/α,β-unsaturated/α-hetero) is 1. The van der Waals surface area contributed by atoms with Crippen LogP contribution < -0.4 is 5.32 Å². The molecule has 136 valence electrons. The lowest BCUT2D eigenvalue weighted by Gasteiger charge is -2.15. The van der Waals surface area contributed by atoms with Gasteiger partial charge < -0.3 is 20.3 Å². The van der Waals surface area contributed by atoms with E-state index in [1.165, 1.54) is 25.1 Å². The van der Waals surface area contributed by atoms with E-state index >= 15 is 0 Å². The number of carbonyl (C=O) groups is 3. The van der Waals surface area contributed by atoms with Gasteiger partial charge >= 0.3 is 12.1 Å². The molecule has 7 nitrogen and oxygen atoms in total. The van der Waals surface area contributed by atoms with Crippen LogP contribution in [-0.2, 0) is 22.6 Å². The molecule has 1 amide bonds. The average Bonchev–Trinajstić information content (AvgIpc) is 2.61. The van der Waals surface area contributed by atoms with Gasteiger partial charge in [-0.25, -0.2) is 9.59 Å². The Bertz CT molecular complexity index is 803. The van der Waals surface area contributed by atoms with Crippen LogP contribution in [0.3, 0.4) is 0 Å². The number of carboxylic acid groups (broad SMARTS) is 1. The van der Waals surface area contributed by atoms with E-state index in [2.05, 4.69) is 5.32 Å². The highest BCUT2D eigenvalue weighted by molar-refractivity contribution is 5.96. The highest BCUT2D eigenvalue weighted by Gasteiger charge is 2.22. The van der Waals surface area contributed by atoms with Crippen molar-refractivity contribution in [3.05, 3.63) is 65.2 Å². The highest BCUT2D eigenvalue weighted by atomic mass is 16.5. The molecule has 0 radical (unpaired) electrons. The van der Waals surface area contributed by atoms with Crippen molar-refractivity contribution in [1.82, 2.24) is 5.32 Å². The lowest BCUT2D eigenvalue weighted by molar-refractivity contribution is -0.139. The summed E-state index contributed by atoms with van der Waals surface area (Å²) >= 11 is 0. The number of hydrogen-bond donors (Lipinski definition) is 3. The third-order valence-electron chi connectivity index (χ3n) is 3.68. The predicted octanol–water partition coefficient (Wildman–Crippen LogP) is 2.52. The monoisotopic (exact) mass is 357 g/mol. The fourth-order valence-corrected chi connectivity index (χ4v) is 2.33. The summed E-state index contributed by atoms with van der Waals surface area (Å²) in [6, 6.07) is 12.0. The van der Waals surface area contributed by atoms with Crippen molar-refractivity contribution in [2.75, 3.05) is 0 Å². The molecule has 0 aromatic heterocycles. The van der Waals surface area contributed by atoms with Crippen LogP contribution in [0.15, 0.2) is 48.5 Å². The lowest BCUT2D eigenvalue weighted by Crippen LogP contribution is -2.42. The van der Waals surface area contributed by atoms with Gasteiger partial charge in [0.05, 0.1) is 5.56 Å². The fraction of sp³-hybridized carbons (Fsp3) is 0.211. The van der Waals surface area contributed by atoms with Gasteiger partial charge in [-0.3, -0.25) is 4.79 Å². The second-order valence-electron chi connectivity index (χ2n) is 5.71. The molecule has 2 aromatic rings. The summed E-state index contributed by atoms with van der Waals surface area (Å²) in [7, 11) is 0. The minimum Gasteiger partial charge on any atom is -0.507 e. The van der Waals surface area contributed by atoms with Crippen molar-refractivity contribution in [3.8, 4) is 5.75 Å². The molecule has 7 heteroatoms. The first-order chi connectivity index (χ1) is 12.4. The molecular formula is C19H19NO6. The largest absolute Gasteiger partial charge is 0.507 e. The van der Waals surface area contributed by atoms with E-state index in [0.717, 1.165) is 5.56 Å². The van der Waals surface area contributed by atoms with Gasteiger partial charge in [0.15, 0.2) is 5.78 Å². The Hall–Kier alpha value is -3.35. The molecule has 0 saturated heterocycles. The summed E-state index contributed by atoms with van der Waals surface area (Å²) in [5, 5.41) is 21.3. The molecule has 0 saturated carbocycles. The van der Waals surface area contributed by atoms with Crippen LogP contribution in [0.5, 0.6) is 5.75 Å². The summed E-state index contributed by atoms with van der Waals surface area (Å²) in [4.78, 5) is 34.7. The first-order valence-corrected chi connectivity index (χ1v) is 7.89. The van der Waals surface area contributed by atoms with E-state index in [-0.39, 0.29) is 30.1 Å². The molecule has 1 atom stereocenters. The standard InChI is InChI=1S/C19H19NO6/c1-12(21)15-9-14(7-8-17(15)22)10-16(18(23)24)20-19(25)26-11-13-5-3-2-4-6-13/h2-9,16,22H,10-11H2,1H3,(H,20,25)(H,23,24)/t16-/m0/s1. The number of hydrogen-bond acceptors (Lipinski definition) is 5. The van der Waals surface area contributed by atoms with Crippen molar-refractivity contribution >= 4 is 17.8 Å². The summed E-state index contributed by atoms with van der Waals surface area (Å²) < 4.78 is 5.02. The molecule has 0 spiro atoms. The number of ketones is 1. The number of nitrogens with one attached hydrogen (secondary N) is 1. The van der Waals surface area contributed by atoms with Gasteiger partial charge in [0.2, 0.25) is 0 Å². The Morgan fingerprint density at radius 1 is 1.08 bits per heavy atom. The highest BCUT2D eigenvalue weighted by Crippen LogP contribution is 2.20. The van der Waals surface area contributed by atoms with Crippen molar-refractivity contribution in [2.45, 2.75) is 26.0 Å². The van der Waals surface area contributed by atoms with Crippen molar-refractivity contribution in [3.63, 3.8) is 0 Å². The quantitative estimate of drug-likeness (QED) is 0.656. The predicted molar refractivity (Wildman–Crippen MR) is 93.0 cm³/mol. The summed E-state index contributed by atoms with van der Waals surface area (Å²) in [6.45, 7) is 1.32. The first-order valence-electron chi connectivity index (χ1n) is 7.89. The maximum atomic E-state index is 11.9. The minimum atomic E-state index is -1.24. The Kier molecular flexibility index (Phi) is 6.32. The van der Waals surface area contributed by atoms with Crippen molar-refractivity contribution in [2.24, 2.45) is 0 Å². The van der Waals surface area contributed by atoms with Crippen LogP contribution in [0.2, 0.25) is 0 Å². The minimum absolute atomic E-state index is 0.0205. The van der Waals surface area contributed by atoms with Gasteiger partial charge in [0.25, 0.3) is 0 Å². The average molecular weight is 357 g/mol. The fourth-order valence-electron chi connectivity index (χ4n) is 2.33. The molecule has 2 rings (SSSR count). The van der Waals surface area contributed by atoms with E-state index in [0.29, 0.717) is 5.56 Å². The number of phenolic OH excluding ortho intramolecular Hbond substituents is 1. The summed E-state index contributed by atoms with van der Waals surface area (Å²) in [5.41, 5.74) is 1.36. The van der Waals surface area contributed by atoms with Gasteiger partial charge in [-0.15, -0.1) is 0 Å². The zero-order chi connectivity index (χ0) is 19.1. The number of benzene rings is 2. The van der Waals surface area contributed by atoms with Crippen LogP contribution >= 0.6 is 0 Å². The van der Waals surface area contributed by atoms with Crippen LogP contribution in [0.25, 0.3) is 0 Å². The van der Waals surface area contributed by atoms with Gasteiger partial charge in [-0.05, 0) is 30.2 Å². The second kappa shape index (κ2) is 8.66. The zero-order valence-electron chi connectivity index (χ0n) is 14.1. The second-order valence-corrected chi connectivity index (χ2v) is 5.71. The van der Waals surface area contributed by atoms with Crippen molar-refractivity contribution < 1.29 is 29.3 Å². The van der Waals surface area contributed by atoms with E-state index in [4.69, 9.17) is 4.74 Å². The lowest BCUT2D eigenvalue weighted by atomic mass is 10.0. The smallest absolute Gasteiger partial charge is 0.408 e. The van der Waals surface area contributed by atoms with Crippen LogP contribution in [-0.4, -0.2) is 34.1 Å². The molecule has 0 unspecified atom stereocenters. The number of alkyl carbamates (subject to hydrolysis) is 1. The molecule has 0 aliphatic rings. The number of phenols is 1. The normalized spacial score (nSPS) is 11.4. The van der Waals surface area contributed by atoms with E-state index in [1.807, 2.05) is 6.07 Å². The van der Waals surface area contributed by atoms with E-state index in [9.17, 15) is 24.6 Å². The summed E-state index contributed by atoms with van der Waals surface area (Å²) in [6.07, 6.45) is -0.914. The zero-order valence-corrected chi connectivity index (χ0v) is 14.1. The number of aromatic hydroxyl groups is 1. The maximum absolute atomic E-state index is 11.9. The summed E-state index contributed by atoms with van der Waals surface area (Å²) in [5.74, 6) is -1.76. The number of carboxylic acids is 1. The molecule has 0 aliphatic heterocycles. The molecule has 26 heavy (non-hydrogen) atoms. The number of aliphatic carboxylic acids is 1. The number of amides is 1. The van der Waals surface area contributed by atoms with Gasteiger partial charge in [0, 0.05) is 6.42 Å².